The molecule has 0 fully saturated rings. The smallest absolute Gasteiger partial charge is 0.299 e. The molecule has 1 aliphatic rings. The van der Waals surface area contributed by atoms with E-state index in [0.717, 1.165) is 32.0 Å². The molecule has 2 heterocycles. The lowest BCUT2D eigenvalue weighted by Gasteiger charge is -2.28. The first-order chi connectivity index (χ1) is 18.4. The number of aryl methyl sites for hydroxylation is 1. The average molecular weight is 596 g/mol. The molecule has 2 aromatic carbocycles. The molecular formula is C26H21F4N3O3S3. The van der Waals surface area contributed by atoms with E-state index in [1.807, 2.05) is 24.3 Å². The van der Waals surface area contributed by atoms with Gasteiger partial charge in [0.15, 0.2) is 0 Å². The third-order valence-electron chi connectivity index (χ3n) is 6.53. The van der Waals surface area contributed by atoms with Crippen LogP contribution in [0.5, 0.6) is 0 Å². The van der Waals surface area contributed by atoms with Crippen LogP contribution in [0, 0.1) is 18.7 Å². The monoisotopic (exact) mass is 595 g/mol. The molecule has 1 aliphatic carbocycles. The van der Waals surface area contributed by atoms with Crippen molar-refractivity contribution in [2.24, 2.45) is 5.92 Å². The molecule has 0 radical (unpaired) electrons. The number of hydrogen-bond donors (Lipinski definition) is 1. The Morgan fingerprint density at radius 2 is 1.90 bits per heavy atom. The van der Waals surface area contributed by atoms with Crippen molar-refractivity contribution < 1.29 is 26.0 Å². The molecule has 13 heteroatoms. The molecule has 2 aromatic heterocycles. The van der Waals surface area contributed by atoms with Gasteiger partial charge in [0.2, 0.25) is 0 Å². The Hall–Kier alpha value is -3.29. The maximum absolute atomic E-state index is 14.1. The molecule has 6 nitrogen and oxygen atoms in total. The molecule has 4 aromatic rings. The van der Waals surface area contributed by atoms with Gasteiger partial charge in [0.25, 0.3) is 10.0 Å². The zero-order valence-corrected chi connectivity index (χ0v) is 22.9. The van der Waals surface area contributed by atoms with E-state index in [-0.39, 0.29) is 27.2 Å². The Bertz CT molecular complexity index is 1780. The van der Waals surface area contributed by atoms with Crippen LogP contribution < -0.4 is 9.18 Å². The van der Waals surface area contributed by atoms with Gasteiger partial charge in [0.05, 0.1) is 17.0 Å². The third-order valence-corrected chi connectivity index (χ3v) is 10.3. The van der Waals surface area contributed by atoms with Crippen molar-refractivity contribution in [2.75, 3.05) is 4.31 Å². The van der Waals surface area contributed by atoms with Crippen LogP contribution in [0.3, 0.4) is 0 Å². The average Bonchev–Trinajstić information content (AvgIpc) is 3.45. The first kappa shape index (κ1) is 27.3. The second-order valence-corrected chi connectivity index (χ2v) is 12.8. The van der Waals surface area contributed by atoms with Gasteiger partial charge >= 0.3 is 11.0 Å². The minimum Gasteiger partial charge on any atom is -0.299 e. The van der Waals surface area contributed by atoms with E-state index in [2.05, 4.69) is 9.36 Å². The van der Waals surface area contributed by atoms with Gasteiger partial charge < -0.3 is 0 Å². The molecule has 0 aliphatic heterocycles. The van der Waals surface area contributed by atoms with Gasteiger partial charge in [-0.2, -0.15) is 17.5 Å². The van der Waals surface area contributed by atoms with Gasteiger partial charge in [-0.25, -0.2) is 12.8 Å². The molecule has 1 N–H and O–H groups in total. The number of sulfonamides is 1. The summed E-state index contributed by atoms with van der Waals surface area (Å²) in [7, 11) is -4.28. The predicted octanol–water partition coefficient (Wildman–Crippen LogP) is 6.72. The van der Waals surface area contributed by atoms with E-state index in [1.54, 1.807) is 26.0 Å². The van der Waals surface area contributed by atoms with E-state index in [9.17, 15) is 30.8 Å². The summed E-state index contributed by atoms with van der Waals surface area (Å²) in [6.45, 7) is 3.10. The standard InChI is InChI=1S/C26H21F4N3O3S3/c1-14-11-17(8-9-18(14)23-31-25(34)38-32-23)39(35,36)33(24-15(2)19-5-3-4-6-22(19)37-24)13-16-7-10-21(27)20(12-16)26(28,29)30/h3-12,14,18H,13H2,1-2H3,(H,31,32,34). The number of nitrogens with one attached hydrogen (secondary N) is 1. The number of thiophene rings is 1. The molecule has 2 atom stereocenters. The van der Waals surface area contributed by atoms with Crippen molar-refractivity contribution in [2.45, 2.75) is 32.5 Å². The van der Waals surface area contributed by atoms with Crippen LogP contribution >= 0.6 is 22.9 Å². The maximum Gasteiger partial charge on any atom is 0.419 e. The summed E-state index contributed by atoms with van der Waals surface area (Å²) in [4.78, 5) is 13.8. The number of hydrogen-bond acceptors (Lipinski definition) is 6. The minimum absolute atomic E-state index is 0.0180. The number of aromatic nitrogens is 2. The number of rotatable bonds is 6. The van der Waals surface area contributed by atoms with Crippen LogP contribution in [0.4, 0.5) is 22.6 Å². The minimum atomic E-state index is -4.94. The van der Waals surface area contributed by atoms with Gasteiger partial charge in [-0.1, -0.05) is 43.3 Å². The SMILES string of the molecule is Cc1c(N(Cc2ccc(F)c(C(F)(F)F)c2)S(=O)(=O)C2=CC(C)C(c3nsc(=O)[nH]3)C=C2)sc2ccccc12. The Morgan fingerprint density at radius 1 is 1.15 bits per heavy atom. The van der Waals surface area contributed by atoms with Crippen LogP contribution in [0.2, 0.25) is 0 Å². The maximum atomic E-state index is 14.1. The first-order valence-corrected chi connectivity index (χ1v) is 14.7. The lowest BCUT2D eigenvalue weighted by molar-refractivity contribution is -0.140. The number of fused-ring (bicyclic) bond motifs is 1. The summed E-state index contributed by atoms with van der Waals surface area (Å²) < 4.78 is 88.5. The zero-order chi connectivity index (χ0) is 28.1. The summed E-state index contributed by atoms with van der Waals surface area (Å²) in [5, 5.41) is 1.17. The van der Waals surface area contributed by atoms with E-state index in [0.29, 0.717) is 28.5 Å². The number of aromatic amines is 1. The predicted molar refractivity (Wildman–Crippen MR) is 145 cm³/mol. The molecule has 39 heavy (non-hydrogen) atoms. The quantitative estimate of drug-likeness (QED) is 0.251. The highest BCUT2D eigenvalue weighted by Crippen LogP contribution is 2.42. The summed E-state index contributed by atoms with van der Waals surface area (Å²) in [6.07, 6.45) is -0.344. The molecule has 0 saturated heterocycles. The molecule has 0 amide bonds. The molecule has 204 valence electrons. The fraction of sp³-hybridized carbons (Fsp3) is 0.231. The highest BCUT2D eigenvalue weighted by molar-refractivity contribution is 7.97. The highest BCUT2D eigenvalue weighted by Gasteiger charge is 2.36. The van der Waals surface area contributed by atoms with Gasteiger partial charge in [-0.15, -0.1) is 11.3 Å². The number of nitrogens with zero attached hydrogens (tertiary/aromatic N) is 2. The van der Waals surface area contributed by atoms with E-state index in [4.69, 9.17) is 0 Å². The van der Waals surface area contributed by atoms with Crippen molar-refractivity contribution in [3.05, 3.63) is 104 Å². The topological polar surface area (TPSA) is 83.1 Å². The highest BCUT2D eigenvalue weighted by atomic mass is 32.2. The number of anilines is 1. The fourth-order valence-electron chi connectivity index (χ4n) is 4.54. The fourth-order valence-corrected chi connectivity index (χ4v) is 8.12. The second kappa shape index (κ2) is 10.0. The summed E-state index contributed by atoms with van der Waals surface area (Å²) in [6, 6.07) is 9.80. The van der Waals surface area contributed by atoms with E-state index >= 15 is 0 Å². The van der Waals surface area contributed by atoms with Gasteiger partial charge in [0, 0.05) is 22.2 Å². The Morgan fingerprint density at radius 3 is 2.54 bits per heavy atom. The molecule has 0 spiro atoms. The third kappa shape index (κ3) is 5.18. The summed E-state index contributed by atoms with van der Waals surface area (Å²) >= 11 is 1.98. The number of allylic oxidation sites excluding steroid dienone is 3. The van der Waals surface area contributed by atoms with E-state index < -0.39 is 34.1 Å². The zero-order valence-electron chi connectivity index (χ0n) is 20.5. The van der Waals surface area contributed by atoms with Crippen molar-refractivity contribution in [3.63, 3.8) is 0 Å². The van der Waals surface area contributed by atoms with Crippen LogP contribution in [0.15, 0.2) is 70.4 Å². The second-order valence-electron chi connectivity index (χ2n) is 9.15. The molecule has 0 bridgehead atoms. The number of alkyl halides is 3. The van der Waals surface area contributed by atoms with Crippen LogP contribution in [-0.2, 0) is 22.7 Å². The summed E-state index contributed by atoms with van der Waals surface area (Å²) in [5.41, 5.74) is -0.824. The van der Waals surface area contributed by atoms with Crippen molar-refractivity contribution >= 4 is 48.0 Å². The number of H-pyrrole nitrogens is 1. The van der Waals surface area contributed by atoms with Crippen LogP contribution in [-0.4, -0.2) is 17.8 Å². The van der Waals surface area contributed by atoms with Gasteiger partial charge in [0.1, 0.15) is 16.6 Å². The molecule has 2 unspecified atom stereocenters. The first-order valence-electron chi connectivity index (χ1n) is 11.7. The molecule has 5 rings (SSSR count). The van der Waals surface area contributed by atoms with Crippen molar-refractivity contribution in [3.8, 4) is 0 Å². The Kier molecular flexibility index (Phi) is 7.02. The lowest BCUT2D eigenvalue weighted by Crippen LogP contribution is -2.32. The van der Waals surface area contributed by atoms with Gasteiger partial charge in [-0.05, 0) is 53.6 Å². The number of benzene rings is 2. The van der Waals surface area contributed by atoms with Crippen LogP contribution in [0.1, 0.15) is 35.4 Å². The largest absolute Gasteiger partial charge is 0.419 e. The Labute approximate surface area is 229 Å². The normalized spacial score (nSPS) is 17.9. The van der Waals surface area contributed by atoms with Crippen LogP contribution in [0.25, 0.3) is 10.1 Å². The Balaban J connectivity index is 1.60. The van der Waals surface area contributed by atoms with Crippen molar-refractivity contribution in [1.82, 2.24) is 9.36 Å². The molecule has 0 saturated carbocycles. The number of halogens is 4. The molecular weight excluding hydrogens is 574 g/mol. The lowest BCUT2D eigenvalue weighted by atomic mass is 9.89. The van der Waals surface area contributed by atoms with Gasteiger partial charge in [-0.3, -0.25) is 14.1 Å². The summed E-state index contributed by atoms with van der Waals surface area (Å²) in [5.74, 6) is -1.72. The van der Waals surface area contributed by atoms with E-state index in [1.165, 1.54) is 17.4 Å². The van der Waals surface area contributed by atoms with Crippen molar-refractivity contribution in [1.29, 1.82) is 0 Å².